The highest BCUT2D eigenvalue weighted by Gasteiger charge is 2.17. The van der Waals surface area contributed by atoms with Gasteiger partial charge in [-0.15, -0.1) is 0 Å². The van der Waals surface area contributed by atoms with E-state index in [0.717, 1.165) is 11.3 Å². The van der Waals surface area contributed by atoms with Gasteiger partial charge in [0.2, 0.25) is 0 Å². The Kier molecular flexibility index (Phi) is 3.19. The van der Waals surface area contributed by atoms with Crippen LogP contribution in [-0.4, -0.2) is 23.2 Å². The van der Waals surface area contributed by atoms with Crippen LogP contribution in [0.5, 0.6) is 5.75 Å². The number of aryl methyl sites for hydroxylation is 1. The molecule has 0 radical (unpaired) electrons. The van der Waals surface area contributed by atoms with Gasteiger partial charge in [0.25, 0.3) is 0 Å². The standard InChI is InChI=1S/C14H15NO3/c1-4-10-8(2)15-12-7-9(18-3)5-6-11(12)13(10)14(16)17/h5-7H,4H2,1-3H3,(H,16,17). The van der Waals surface area contributed by atoms with Crippen LogP contribution in [0, 0.1) is 6.92 Å². The molecule has 0 unspecified atom stereocenters. The maximum absolute atomic E-state index is 11.4. The number of nitrogens with zero attached hydrogens (tertiary/aromatic N) is 1. The summed E-state index contributed by atoms with van der Waals surface area (Å²) in [4.78, 5) is 15.9. The number of methoxy groups -OCH3 is 1. The van der Waals surface area contributed by atoms with Crippen molar-refractivity contribution in [2.75, 3.05) is 7.11 Å². The minimum absolute atomic E-state index is 0.350. The zero-order chi connectivity index (χ0) is 13.3. The van der Waals surface area contributed by atoms with Crippen LogP contribution in [0.2, 0.25) is 0 Å². The number of carboxylic acids is 1. The fourth-order valence-corrected chi connectivity index (χ4v) is 2.21. The molecule has 1 aromatic heterocycles. The molecule has 0 fully saturated rings. The molecule has 1 aromatic carbocycles. The molecule has 0 saturated carbocycles. The van der Waals surface area contributed by atoms with E-state index >= 15 is 0 Å². The number of benzene rings is 1. The number of ether oxygens (including phenoxy) is 1. The number of carbonyl (C=O) groups is 1. The van der Waals surface area contributed by atoms with E-state index in [4.69, 9.17) is 4.74 Å². The van der Waals surface area contributed by atoms with Gasteiger partial charge in [-0.05, 0) is 31.0 Å². The van der Waals surface area contributed by atoms with E-state index < -0.39 is 5.97 Å². The number of hydrogen-bond donors (Lipinski definition) is 1. The highest BCUT2D eigenvalue weighted by atomic mass is 16.5. The van der Waals surface area contributed by atoms with Crippen LogP contribution in [-0.2, 0) is 6.42 Å². The fraction of sp³-hybridized carbons (Fsp3) is 0.286. The third kappa shape index (κ3) is 1.90. The average Bonchev–Trinajstić information content (AvgIpc) is 2.35. The molecule has 1 N–H and O–H groups in total. The minimum Gasteiger partial charge on any atom is -0.497 e. The van der Waals surface area contributed by atoms with Crippen LogP contribution in [0.1, 0.15) is 28.5 Å². The van der Waals surface area contributed by atoms with Crippen LogP contribution in [0.25, 0.3) is 10.9 Å². The second-order valence-corrected chi connectivity index (χ2v) is 4.09. The normalized spacial score (nSPS) is 10.6. The van der Waals surface area contributed by atoms with Gasteiger partial charge in [0.05, 0.1) is 18.2 Å². The first-order chi connectivity index (χ1) is 8.58. The van der Waals surface area contributed by atoms with Crippen molar-refractivity contribution in [2.45, 2.75) is 20.3 Å². The summed E-state index contributed by atoms with van der Waals surface area (Å²) >= 11 is 0. The van der Waals surface area contributed by atoms with E-state index in [0.29, 0.717) is 28.6 Å². The number of hydrogen-bond acceptors (Lipinski definition) is 3. The van der Waals surface area contributed by atoms with Gasteiger partial charge in [0.1, 0.15) is 5.75 Å². The molecule has 4 nitrogen and oxygen atoms in total. The van der Waals surface area contributed by atoms with E-state index in [9.17, 15) is 9.90 Å². The van der Waals surface area contributed by atoms with Gasteiger partial charge in [-0.1, -0.05) is 6.92 Å². The number of aromatic carboxylic acids is 1. The zero-order valence-electron chi connectivity index (χ0n) is 10.7. The van der Waals surface area contributed by atoms with E-state index in [1.807, 2.05) is 13.8 Å². The Morgan fingerprint density at radius 1 is 1.44 bits per heavy atom. The van der Waals surface area contributed by atoms with Crippen LogP contribution in [0.3, 0.4) is 0 Å². The quantitative estimate of drug-likeness (QED) is 0.903. The van der Waals surface area contributed by atoms with Crippen LogP contribution >= 0.6 is 0 Å². The number of pyridine rings is 1. The molecule has 0 bridgehead atoms. The number of aromatic nitrogens is 1. The maximum Gasteiger partial charge on any atom is 0.336 e. The second-order valence-electron chi connectivity index (χ2n) is 4.09. The topological polar surface area (TPSA) is 59.4 Å². The summed E-state index contributed by atoms with van der Waals surface area (Å²) in [6, 6.07) is 5.27. The molecule has 4 heteroatoms. The Labute approximate surface area is 105 Å². The molecule has 0 amide bonds. The van der Waals surface area contributed by atoms with E-state index in [2.05, 4.69) is 4.98 Å². The summed E-state index contributed by atoms with van der Waals surface area (Å²) in [5, 5.41) is 10.0. The number of fused-ring (bicyclic) bond motifs is 1. The molecule has 0 aliphatic carbocycles. The number of rotatable bonds is 3. The highest BCUT2D eigenvalue weighted by molar-refractivity contribution is 6.04. The summed E-state index contributed by atoms with van der Waals surface area (Å²) < 4.78 is 5.13. The lowest BCUT2D eigenvalue weighted by molar-refractivity contribution is 0.0697. The molecular weight excluding hydrogens is 230 g/mol. The Hall–Kier alpha value is -2.10. The van der Waals surface area contributed by atoms with E-state index in [1.165, 1.54) is 0 Å². The Bertz CT molecular complexity index is 620. The van der Waals surface area contributed by atoms with Crippen molar-refractivity contribution in [1.29, 1.82) is 0 Å². The van der Waals surface area contributed by atoms with Crippen LogP contribution in [0.15, 0.2) is 18.2 Å². The van der Waals surface area contributed by atoms with Crippen LogP contribution in [0.4, 0.5) is 0 Å². The smallest absolute Gasteiger partial charge is 0.336 e. The monoisotopic (exact) mass is 245 g/mol. The van der Waals surface area contributed by atoms with Gasteiger partial charge in [0, 0.05) is 17.1 Å². The first-order valence-electron chi connectivity index (χ1n) is 5.79. The van der Waals surface area contributed by atoms with Crippen LogP contribution < -0.4 is 4.74 Å². The maximum atomic E-state index is 11.4. The van der Waals surface area contributed by atoms with E-state index in [1.54, 1.807) is 25.3 Å². The molecule has 18 heavy (non-hydrogen) atoms. The van der Waals surface area contributed by atoms with Gasteiger partial charge >= 0.3 is 5.97 Å². The predicted molar refractivity (Wildman–Crippen MR) is 69.4 cm³/mol. The Morgan fingerprint density at radius 2 is 2.17 bits per heavy atom. The molecule has 1 heterocycles. The van der Waals surface area contributed by atoms with Gasteiger partial charge in [-0.2, -0.15) is 0 Å². The van der Waals surface area contributed by atoms with Crippen molar-refractivity contribution in [3.63, 3.8) is 0 Å². The van der Waals surface area contributed by atoms with Crippen molar-refractivity contribution in [3.8, 4) is 5.75 Å². The summed E-state index contributed by atoms with van der Waals surface area (Å²) in [7, 11) is 1.58. The summed E-state index contributed by atoms with van der Waals surface area (Å²) in [5.74, 6) is -0.234. The summed E-state index contributed by atoms with van der Waals surface area (Å²) in [6.45, 7) is 3.77. The lowest BCUT2D eigenvalue weighted by Gasteiger charge is -2.11. The van der Waals surface area contributed by atoms with Crippen molar-refractivity contribution in [3.05, 3.63) is 35.0 Å². The summed E-state index contributed by atoms with van der Waals surface area (Å²) in [5.41, 5.74) is 2.56. The zero-order valence-corrected chi connectivity index (χ0v) is 10.7. The Morgan fingerprint density at radius 3 is 2.72 bits per heavy atom. The molecule has 2 rings (SSSR count). The molecule has 0 spiro atoms. The third-order valence-electron chi connectivity index (χ3n) is 3.07. The summed E-state index contributed by atoms with van der Waals surface area (Å²) in [6.07, 6.45) is 0.655. The van der Waals surface area contributed by atoms with Crippen molar-refractivity contribution >= 4 is 16.9 Å². The molecule has 0 aliphatic heterocycles. The van der Waals surface area contributed by atoms with Crippen molar-refractivity contribution < 1.29 is 14.6 Å². The van der Waals surface area contributed by atoms with E-state index in [-0.39, 0.29) is 0 Å². The second kappa shape index (κ2) is 4.64. The van der Waals surface area contributed by atoms with Crippen molar-refractivity contribution in [2.24, 2.45) is 0 Å². The third-order valence-corrected chi connectivity index (χ3v) is 3.07. The molecule has 0 aliphatic rings. The van der Waals surface area contributed by atoms with Gasteiger partial charge in [0.15, 0.2) is 0 Å². The lowest BCUT2D eigenvalue weighted by atomic mass is 9.99. The van der Waals surface area contributed by atoms with Gasteiger partial charge in [-0.3, -0.25) is 4.98 Å². The Balaban J connectivity index is 2.86. The first kappa shape index (κ1) is 12.4. The fourth-order valence-electron chi connectivity index (χ4n) is 2.21. The van der Waals surface area contributed by atoms with Gasteiger partial charge in [-0.25, -0.2) is 4.79 Å². The SMILES string of the molecule is CCc1c(C)nc2cc(OC)ccc2c1C(=O)O. The average molecular weight is 245 g/mol. The van der Waals surface area contributed by atoms with Gasteiger partial charge < -0.3 is 9.84 Å². The number of carboxylic acid groups (broad SMARTS) is 1. The minimum atomic E-state index is -0.910. The molecule has 94 valence electrons. The molecule has 0 atom stereocenters. The first-order valence-corrected chi connectivity index (χ1v) is 5.79. The largest absolute Gasteiger partial charge is 0.497 e. The predicted octanol–water partition coefficient (Wildman–Crippen LogP) is 2.81. The lowest BCUT2D eigenvalue weighted by Crippen LogP contribution is -2.07. The molecular formula is C14H15NO3. The molecule has 0 saturated heterocycles. The van der Waals surface area contributed by atoms with Crippen molar-refractivity contribution in [1.82, 2.24) is 4.98 Å². The highest BCUT2D eigenvalue weighted by Crippen LogP contribution is 2.27. The molecule has 2 aromatic rings.